The van der Waals surface area contributed by atoms with Crippen LogP contribution < -0.4 is 76.9 Å². The van der Waals surface area contributed by atoms with Crippen molar-refractivity contribution in [2.75, 3.05) is 33.2 Å². The standard InChI is InChI=1S/C70H109N17O12/c1-41(2)36-53(61(90)82-56(39-46-40-78-50-24-12-11-22-48(46)50)63(92)79-51(25-14-17-33-72)60(89)80-52(69(98)99)26-15-18-34-73)84-66(95)58(42(3)4)86-67(96)59(43(5)6)85-64(93)55(38-45-28-30-47(88)31-29-45)81-62(91)54(37-44-20-9-8-10-21-44)83-65(94)57(27-19-35-77-70(75)76)87(7)68(97)49(74)23-13-16-32-71/h8-12,20-22,24,28-31,40-43,49,51-59,78,88H,13-19,23,25-27,32-39,71-74H2,1-7H3,(H,79,92)(H,80,89)(H,81,91)(H,82,90)(H,83,94)(H,84,95)(H,85,93)(H,86,96)(H,98,99)(H4,75,76,77)/t49-,51+,52-,53+,54+,55+,56+,57+,58+,59+/m1/s1. The van der Waals surface area contributed by atoms with Gasteiger partial charge in [0, 0.05) is 50.0 Å². The molecule has 29 heteroatoms. The number of carboxylic acid groups (broad SMARTS) is 1. The van der Waals surface area contributed by atoms with Crippen molar-refractivity contribution in [2.24, 2.45) is 57.1 Å². The Morgan fingerprint density at radius 1 is 0.495 bits per heavy atom. The minimum absolute atomic E-state index is 0.0555. The lowest BCUT2D eigenvalue weighted by atomic mass is 9.97. The SMILES string of the molecule is CC(C)C[C@H](NC(=O)[C@@H](NC(=O)[C@@H](NC(=O)[C@H](Cc1ccc(O)cc1)NC(=O)[C@H](Cc1ccccc1)NC(=O)[C@H](CCCN=C(N)N)N(C)C(=O)[C@H](N)CCCCN)C(C)C)C(C)C)C(=O)N[C@@H](Cc1c[nH]c2ccccc12)C(=O)N[C@@H](CCCCN)C(=O)N[C@H](CCCCN)C(=O)O. The van der Waals surface area contributed by atoms with Crippen molar-refractivity contribution >= 4 is 76.0 Å². The van der Waals surface area contributed by atoms with E-state index in [1.54, 1.807) is 76.4 Å². The van der Waals surface area contributed by atoms with Crippen LogP contribution in [0.3, 0.4) is 0 Å². The number of nitrogens with zero attached hydrogens (tertiary/aromatic N) is 2. The molecule has 0 saturated heterocycles. The molecule has 1 heterocycles. The Morgan fingerprint density at radius 2 is 0.939 bits per heavy atom. The molecule has 0 aliphatic heterocycles. The molecule has 0 radical (unpaired) electrons. The number of unbranched alkanes of at least 4 members (excludes halogenated alkanes) is 3. The van der Waals surface area contributed by atoms with Crippen LogP contribution in [0.5, 0.6) is 5.75 Å². The van der Waals surface area contributed by atoms with Crippen LogP contribution in [0.25, 0.3) is 10.9 Å². The van der Waals surface area contributed by atoms with E-state index in [4.69, 9.17) is 34.4 Å². The first-order valence-electron chi connectivity index (χ1n) is 34.3. The molecule has 1 aromatic heterocycles. The van der Waals surface area contributed by atoms with Crippen LogP contribution in [0.1, 0.15) is 135 Å². The molecule has 99 heavy (non-hydrogen) atoms. The number of para-hydroxylation sites is 1. The summed E-state index contributed by atoms with van der Waals surface area (Å²) in [7, 11) is 1.44. The second-order valence-electron chi connectivity index (χ2n) is 26.3. The lowest BCUT2D eigenvalue weighted by Crippen LogP contribution is -2.62. The molecule has 0 unspecified atom stereocenters. The van der Waals surface area contributed by atoms with Crippen LogP contribution in [-0.2, 0) is 67.2 Å². The van der Waals surface area contributed by atoms with Crippen molar-refractivity contribution in [3.8, 4) is 5.75 Å². The number of fused-ring (bicyclic) bond motifs is 1. The molecule has 0 fully saturated rings. The van der Waals surface area contributed by atoms with Crippen molar-refractivity contribution in [1.82, 2.24) is 52.4 Å². The highest BCUT2D eigenvalue weighted by Crippen LogP contribution is 2.21. The highest BCUT2D eigenvalue weighted by atomic mass is 16.4. The van der Waals surface area contributed by atoms with Crippen LogP contribution in [0, 0.1) is 17.8 Å². The summed E-state index contributed by atoms with van der Waals surface area (Å²) in [6.07, 6.45) is 5.24. The normalized spacial score (nSPS) is 14.4. The van der Waals surface area contributed by atoms with Crippen molar-refractivity contribution in [1.29, 1.82) is 0 Å². The summed E-state index contributed by atoms with van der Waals surface area (Å²) < 4.78 is 0. The number of aromatic hydroxyl groups is 1. The van der Waals surface area contributed by atoms with Gasteiger partial charge in [0.15, 0.2) is 5.96 Å². The zero-order valence-electron chi connectivity index (χ0n) is 58.4. The first-order chi connectivity index (χ1) is 47.1. The number of amides is 9. The van der Waals surface area contributed by atoms with Gasteiger partial charge in [-0.1, -0.05) is 109 Å². The van der Waals surface area contributed by atoms with Crippen molar-refractivity contribution in [2.45, 2.75) is 198 Å². The van der Waals surface area contributed by atoms with E-state index in [-0.39, 0.29) is 82.1 Å². The maximum absolute atomic E-state index is 14.9. The third-order valence-corrected chi connectivity index (χ3v) is 17.0. The van der Waals surface area contributed by atoms with E-state index in [9.17, 15) is 58.2 Å². The van der Waals surface area contributed by atoms with Gasteiger partial charge >= 0.3 is 5.97 Å². The third-order valence-electron chi connectivity index (χ3n) is 17.0. The molecule has 23 N–H and O–H groups in total. The van der Waals surface area contributed by atoms with Gasteiger partial charge in [0.05, 0.1) is 6.04 Å². The number of rotatable bonds is 45. The van der Waals surface area contributed by atoms with Gasteiger partial charge in [-0.2, -0.15) is 0 Å². The number of nitrogens with one attached hydrogen (secondary N) is 9. The number of carbonyl (C=O) groups is 10. The molecule has 9 amide bonds. The highest BCUT2D eigenvalue weighted by molar-refractivity contribution is 5.99. The summed E-state index contributed by atoms with van der Waals surface area (Å²) in [6.45, 7) is 11.5. The van der Waals surface area contributed by atoms with E-state index in [0.29, 0.717) is 74.7 Å². The number of phenolic OH excluding ortho intramolecular Hbond substituents is 1. The summed E-state index contributed by atoms with van der Waals surface area (Å²) in [5, 5.41) is 43.2. The number of hydrogen-bond donors (Lipinski definition) is 17. The molecule has 4 rings (SSSR count). The van der Waals surface area contributed by atoms with Gasteiger partial charge < -0.3 is 97.0 Å². The molecule has 0 saturated carbocycles. The zero-order valence-corrected chi connectivity index (χ0v) is 58.4. The zero-order chi connectivity index (χ0) is 73.3. The van der Waals surface area contributed by atoms with Crippen molar-refractivity contribution in [3.05, 3.63) is 102 Å². The third kappa shape index (κ3) is 27.9. The Balaban J connectivity index is 1.66. The number of benzene rings is 3. The molecular weight excluding hydrogens is 1270 g/mol. The van der Waals surface area contributed by atoms with Gasteiger partial charge in [-0.05, 0) is 143 Å². The number of aliphatic carboxylic acids is 1. The van der Waals surface area contributed by atoms with Gasteiger partial charge in [0.1, 0.15) is 60.1 Å². The predicted octanol–water partition coefficient (Wildman–Crippen LogP) is 0.817. The fraction of sp³-hybridized carbons (Fsp3) is 0.557. The average molecular weight is 1380 g/mol. The number of aromatic nitrogens is 1. The van der Waals surface area contributed by atoms with Gasteiger partial charge in [0.2, 0.25) is 53.2 Å². The minimum Gasteiger partial charge on any atom is -0.508 e. The largest absolute Gasteiger partial charge is 0.508 e. The number of aromatic amines is 1. The maximum atomic E-state index is 14.9. The summed E-state index contributed by atoms with van der Waals surface area (Å²) in [5.41, 5.74) is 37.1. The lowest BCUT2D eigenvalue weighted by molar-refractivity contribution is -0.142. The molecular formula is C70H109N17O12. The van der Waals surface area contributed by atoms with E-state index >= 15 is 0 Å². The number of likely N-dealkylation sites (N-methyl/N-ethyl adjacent to an activating group) is 1. The van der Waals surface area contributed by atoms with Crippen molar-refractivity contribution in [3.63, 3.8) is 0 Å². The molecule has 10 atom stereocenters. The van der Waals surface area contributed by atoms with Crippen LogP contribution in [0.15, 0.2) is 90.1 Å². The molecule has 4 aromatic rings. The Bertz CT molecular complexity index is 3270. The summed E-state index contributed by atoms with van der Waals surface area (Å²) >= 11 is 0. The van der Waals surface area contributed by atoms with E-state index < -0.39 is 131 Å². The Kier molecular flexibility index (Phi) is 35.4. The summed E-state index contributed by atoms with van der Waals surface area (Å²) in [5.74, 6) is -9.73. The smallest absolute Gasteiger partial charge is 0.326 e. The van der Waals surface area contributed by atoms with E-state index in [2.05, 4.69) is 52.5 Å². The second-order valence-corrected chi connectivity index (χ2v) is 26.3. The first-order valence-corrected chi connectivity index (χ1v) is 34.3. The topological polar surface area (TPSA) is 495 Å². The Labute approximate surface area is 580 Å². The maximum Gasteiger partial charge on any atom is 0.326 e. The number of hydrogen-bond acceptors (Lipinski definition) is 16. The molecule has 0 aliphatic rings. The summed E-state index contributed by atoms with van der Waals surface area (Å²) in [4.78, 5) is 152. The minimum atomic E-state index is -1.45. The molecule has 0 spiro atoms. The molecule has 29 nitrogen and oxygen atoms in total. The van der Waals surface area contributed by atoms with Crippen LogP contribution in [0.2, 0.25) is 0 Å². The van der Waals surface area contributed by atoms with Crippen LogP contribution in [-0.4, -0.2) is 179 Å². The Hall–Kier alpha value is -9.19. The number of carboxylic acids is 1. The fourth-order valence-electron chi connectivity index (χ4n) is 11.3. The fourth-order valence-corrected chi connectivity index (χ4v) is 11.3. The van der Waals surface area contributed by atoms with Crippen LogP contribution >= 0.6 is 0 Å². The number of nitrogens with two attached hydrogens (primary N) is 6. The summed E-state index contributed by atoms with van der Waals surface area (Å²) in [6, 6.07) is 9.19. The van der Waals surface area contributed by atoms with Gasteiger partial charge in [-0.3, -0.25) is 48.1 Å². The Morgan fingerprint density at radius 3 is 1.48 bits per heavy atom. The van der Waals surface area contributed by atoms with E-state index in [1.807, 2.05) is 38.1 Å². The number of guanidine groups is 1. The van der Waals surface area contributed by atoms with Gasteiger partial charge in [-0.15, -0.1) is 0 Å². The molecule has 0 aliphatic carbocycles. The first kappa shape index (κ1) is 82.2. The number of aliphatic imine (C=N–C) groups is 1. The van der Waals surface area contributed by atoms with Crippen molar-refractivity contribution < 1.29 is 58.2 Å². The predicted molar refractivity (Wildman–Crippen MR) is 379 cm³/mol. The lowest BCUT2D eigenvalue weighted by Gasteiger charge is -2.32. The number of phenols is 1. The van der Waals surface area contributed by atoms with Gasteiger partial charge in [-0.25, -0.2) is 4.79 Å². The van der Waals surface area contributed by atoms with Crippen LogP contribution in [0.4, 0.5) is 0 Å². The quantitative estimate of drug-likeness (QED) is 0.0165. The van der Waals surface area contributed by atoms with E-state index in [1.165, 1.54) is 24.1 Å². The number of H-pyrrole nitrogens is 1. The van der Waals surface area contributed by atoms with Gasteiger partial charge in [0.25, 0.3) is 0 Å². The highest BCUT2D eigenvalue weighted by Gasteiger charge is 2.38. The monoisotopic (exact) mass is 1380 g/mol. The molecule has 0 bridgehead atoms. The molecule has 546 valence electrons. The molecule has 3 aromatic carbocycles. The second kappa shape index (κ2) is 42.6. The average Bonchev–Trinajstić information content (AvgIpc) is 1.70. The van der Waals surface area contributed by atoms with E-state index in [0.717, 1.165) is 10.9 Å². The number of carbonyl (C=O) groups excluding carboxylic acids is 9.